The summed E-state index contributed by atoms with van der Waals surface area (Å²) in [6, 6.07) is -19.8. The zero-order valence-electron chi connectivity index (χ0n) is 44.5. The van der Waals surface area contributed by atoms with Crippen LogP contribution in [-0.4, -0.2) is 221 Å². The first-order chi connectivity index (χ1) is 38.6. The summed E-state index contributed by atoms with van der Waals surface area (Å²) in [6.45, 7) is 0.666. The number of nitrogens with one attached hydrogen (secondary N) is 10. The van der Waals surface area contributed by atoms with Crippen LogP contribution in [0.25, 0.3) is 0 Å². The number of nitrogens with two attached hydrogens (primary N) is 2. The van der Waals surface area contributed by atoms with Crippen molar-refractivity contribution in [1.82, 2.24) is 53.2 Å². The Labute approximate surface area is 468 Å². The first-order valence-electron chi connectivity index (χ1n) is 24.8. The van der Waals surface area contributed by atoms with E-state index in [0.29, 0.717) is 0 Å². The number of carboxylic acids is 7. The maximum Gasteiger partial charge on any atom is 0.325 e. The number of aliphatic carboxylic acids is 7. The maximum absolute atomic E-state index is 13.9. The van der Waals surface area contributed by atoms with E-state index >= 15 is 0 Å². The lowest BCUT2D eigenvalue weighted by Crippen LogP contribution is -2.61. The Hall–Kier alpha value is -9.62. The molecule has 0 aromatic rings. The molecule has 0 aliphatic rings. The molecule has 83 heavy (non-hydrogen) atoms. The molecule has 0 aliphatic carbocycles. The molecule has 0 saturated carbocycles. The summed E-state index contributed by atoms with van der Waals surface area (Å²) < 4.78 is 0. The van der Waals surface area contributed by atoms with Crippen molar-refractivity contribution < 1.29 is 127 Å². The highest BCUT2D eigenvalue weighted by molar-refractivity contribution is 6.01. The standard InChI is InChI=1S/C45H68N12O26/c1-18(45(82)83)48-36(73)21(6-9-30(61)62)51-38(75)22(7-10-31(63)64)52-42(79)26(15-34(69)70)55-37(74)20(5-3-4-12-46)50-40(77)24(13-29(47)60)54-43(80)27(16-35(71)72)56-39(76)23(8-11-32(65)66)53-44(81)28(17-58)57-41(78)25(14-33(67)68)49-19(2)59/h18,20-28,58H,3-17,46H2,1-2H3,(H2,47,60)(H,48,73)(H,49,59)(H,50,77)(H,51,75)(H,52,79)(H,53,81)(H,54,80)(H,55,74)(H,56,76)(H,57,78)(H,61,62)(H,63,64)(H,65,66)(H,67,68)(H,69,70)(H,71,72)(H,82,83)/t18-,20-,21-,22-,23-,24-,25-,26-,27-,28-/m1/s1. The topological polar surface area (TPSA) is 641 Å². The minimum atomic E-state index is -2.29. The summed E-state index contributed by atoms with van der Waals surface area (Å²) >= 11 is 0. The molecule has 38 nitrogen and oxygen atoms in total. The predicted octanol–water partition coefficient (Wildman–Crippen LogP) is -9.03. The van der Waals surface area contributed by atoms with Gasteiger partial charge in [0.2, 0.25) is 65.0 Å². The molecule has 11 amide bonds. The van der Waals surface area contributed by atoms with E-state index in [9.17, 15) is 122 Å². The average Bonchev–Trinajstić information content (AvgIpc) is 3.41. The van der Waals surface area contributed by atoms with Gasteiger partial charge in [-0.3, -0.25) is 86.3 Å². The molecule has 0 spiro atoms. The van der Waals surface area contributed by atoms with Crippen molar-refractivity contribution in [2.45, 2.75) is 158 Å². The predicted molar refractivity (Wildman–Crippen MR) is 269 cm³/mol. The molecule has 0 bridgehead atoms. The molecular weight excluding hydrogens is 1120 g/mol. The first kappa shape index (κ1) is 73.4. The van der Waals surface area contributed by atoms with Crippen molar-refractivity contribution >= 4 is 107 Å². The molecule has 0 radical (unpaired) electrons. The lowest BCUT2D eigenvalue weighted by molar-refractivity contribution is -0.143. The van der Waals surface area contributed by atoms with Crippen LogP contribution < -0.4 is 64.6 Å². The Kier molecular flexibility index (Phi) is 33.0. The van der Waals surface area contributed by atoms with Gasteiger partial charge in [-0.2, -0.15) is 0 Å². The van der Waals surface area contributed by atoms with E-state index in [2.05, 4.69) is 10.6 Å². The number of hydrogen-bond donors (Lipinski definition) is 20. The van der Waals surface area contributed by atoms with Crippen LogP contribution >= 0.6 is 0 Å². The van der Waals surface area contributed by atoms with Crippen LogP contribution in [0.4, 0.5) is 0 Å². The van der Waals surface area contributed by atoms with Crippen LogP contribution in [0.3, 0.4) is 0 Å². The van der Waals surface area contributed by atoms with Gasteiger partial charge in [0.25, 0.3) is 0 Å². The number of amides is 11. The van der Waals surface area contributed by atoms with Gasteiger partial charge in [-0.15, -0.1) is 0 Å². The lowest BCUT2D eigenvalue weighted by Gasteiger charge is -2.27. The largest absolute Gasteiger partial charge is 0.481 e. The third-order valence-electron chi connectivity index (χ3n) is 11.1. The van der Waals surface area contributed by atoms with Crippen LogP contribution in [0, 0.1) is 0 Å². The van der Waals surface area contributed by atoms with Crippen LogP contribution in [0.2, 0.25) is 0 Å². The SMILES string of the molecule is CC(=O)N[C@H](CC(=O)O)C(=O)N[C@H](CO)C(=O)N[C@H](CCC(=O)O)C(=O)N[C@H](CC(=O)O)C(=O)N[C@H](CC(N)=O)C(=O)N[C@H](CCCCN)C(=O)N[C@H](CC(=O)O)C(=O)N[C@H](CCC(=O)O)C(=O)N[C@H](CCC(=O)O)C(=O)N[C@H](C)C(=O)O. The number of carbonyl (C=O) groups excluding carboxylic acids is 11. The second kappa shape index (κ2) is 37.3. The van der Waals surface area contributed by atoms with Crippen molar-refractivity contribution in [2.75, 3.05) is 13.2 Å². The molecule has 0 aliphatic heterocycles. The minimum absolute atomic E-state index is 0.0189. The van der Waals surface area contributed by atoms with E-state index < -0.39 is 244 Å². The van der Waals surface area contributed by atoms with E-state index in [0.717, 1.165) is 13.8 Å². The zero-order valence-corrected chi connectivity index (χ0v) is 44.5. The molecule has 10 atom stereocenters. The number of carboxylic acid groups (broad SMARTS) is 7. The van der Waals surface area contributed by atoms with Crippen LogP contribution in [0.1, 0.15) is 97.3 Å². The summed E-state index contributed by atoms with van der Waals surface area (Å²) in [4.78, 5) is 226. The Balaban J connectivity index is 6.94. The number of aliphatic hydroxyl groups excluding tert-OH is 1. The molecule has 0 heterocycles. The average molecular weight is 1190 g/mol. The lowest BCUT2D eigenvalue weighted by atomic mass is 10.0. The van der Waals surface area contributed by atoms with Gasteiger partial charge >= 0.3 is 41.8 Å². The summed E-state index contributed by atoms with van der Waals surface area (Å²) in [5.74, 6) is -26.4. The smallest absolute Gasteiger partial charge is 0.325 e. The summed E-state index contributed by atoms with van der Waals surface area (Å²) in [6.07, 6.45) is -10.0. The van der Waals surface area contributed by atoms with E-state index in [1.54, 1.807) is 0 Å². The van der Waals surface area contributed by atoms with Gasteiger partial charge in [-0.25, -0.2) is 0 Å². The number of carbonyl (C=O) groups is 18. The van der Waals surface area contributed by atoms with Crippen molar-refractivity contribution in [3.05, 3.63) is 0 Å². The Morgan fingerprint density at radius 2 is 0.614 bits per heavy atom. The maximum atomic E-state index is 13.9. The van der Waals surface area contributed by atoms with E-state index in [-0.39, 0.29) is 19.4 Å². The highest BCUT2D eigenvalue weighted by Crippen LogP contribution is 2.10. The van der Waals surface area contributed by atoms with Gasteiger partial charge in [0.15, 0.2) is 0 Å². The van der Waals surface area contributed by atoms with Crippen molar-refractivity contribution in [2.24, 2.45) is 11.5 Å². The molecule has 0 fully saturated rings. The van der Waals surface area contributed by atoms with Crippen molar-refractivity contribution in [3.63, 3.8) is 0 Å². The third-order valence-corrected chi connectivity index (χ3v) is 11.1. The van der Waals surface area contributed by atoms with E-state index in [1.807, 2.05) is 42.5 Å². The zero-order chi connectivity index (χ0) is 63.8. The highest BCUT2D eigenvalue weighted by Gasteiger charge is 2.37. The second-order valence-electron chi connectivity index (χ2n) is 18.0. The molecule has 0 aromatic heterocycles. The quantitative estimate of drug-likeness (QED) is 0.0252. The third kappa shape index (κ3) is 30.5. The number of rotatable bonds is 42. The van der Waals surface area contributed by atoms with Gasteiger partial charge in [-0.1, -0.05) is 0 Å². The van der Waals surface area contributed by atoms with Gasteiger partial charge in [0.1, 0.15) is 60.4 Å². The molecule has 0 unspecified atom stereocenters. The summed E-state index contributed by atoms with van der Waals surface area (Å²) in [7, 11) is 0. The van der Waals surface area contributed by atoms with Gasteiger partial charge < -0.3 is 105 Å². The number of hydrogen-bond acceptors (Lipinski definition) is 20. The number of aliphatic hydroxyl groups is 1. The number of primary amides is 1. The fourth-order valence-electron chi connectivity index (χ4n) is 6.93. The summed E-state index contributed by atoms with van der Waals surface area (Å²) in [5, 5.41) is 95.5. The van der Waals surface area contributed by atoms with Crippen LogP contribution in [0.5, 0.6) is 0 Å². The highest BCUT2D eigenvalue weighted by atomic mass is 16.4. The van der Waals surface area contributed by atoms with Gasteiger partial charge in [0.05, 0.1) is 32.3 Å². The second-order valence-corrected chi connectivity index (χ2v) is 18.0. The fraction of sp³-hybridized carbons (Fsp3) is 0.600. The Morgan fingerprint density at radius 3 is 0.892 bits per heavy atom. The molecule has 22 N–H and O–H groups in total. The number of unbranched alkanes of at least 4 members (excludes halogenated alkanes) is 1. The van der Waals surface area contributed by atoms with Crippen LogP contribution in [-0.2, 0) is 86.3 Å². The molecule has 0 aromatic carbocycles. The van der Waals surface area contributed by atoms with Crippen LogP contribution in [0.15, 0.2) is 0 Å². The molecule has 0 saturated heterocycles. The fourth-order valence-corrected chi connectivity index (χ4v) is 6.93. The van der Waals surface area contributed by atoms with E-state index in [1.165, 1.54) is 0 Å². The molecule has 0 rings (SSSR count). The monoisotopic (exact) mass is 1190 g/mol. The van der Waals surface area contributed by atoms with Gasteiger partial charge in [0, 0.05) is 26.2 Å². The molecular formula is C45H68N12O26. The van der Waals surface area contributed by atoms with Crippen molar-refractivity contribution in [1.29, 1.82) is 0 Å². The molecule has 38 heteroatoms. The van der Waals surface area contributed by atoms with E-state index in [4.69, 9.17) is 16.6 Å². The Morgan fingerprint density at radius 1 is 0.349 bits per heavy atom. The normalized spacial score (nSPS) is 14.3. The summed E-state index contributed by atoms with van der Waals surface area (Å²) in [5.41, 5.74) is 10.9. The Bertz CT molecular complexity index is 2420. The van der Waals surface area contributed by atoms with Gasteiger partial charge in [-0.05, 0) is 52.0 Å². The molecule has 464 valence electrons. The van der Waals surface area contributed by atoms with Crippen molar-refractivity contribution in [3.8, 4) is 0 Å². The minimum Gasteiger partial charge on any atom is -0.481 e. The first-order valence-corrected chi connectivity index (χ1v) is 24.8.